The van der Waals surface area contributed by atoms with Gasteiger partial charge < -0.3 is 9.64 Å². The van der Waals surface area contributed by atoms with E-state index in [2.05, 4.69) is 31.0 Å². The zero-order valence-corrected chi connectivity index (χ0v) is 14.1. The SMILES string of the molecule is CCOCC(C(C)C)N1C(=O)C(CC)NC1C1CCCC1. The first-order chi connectivity index (χ1) is 10.1. The van der Waals surface area contributed by atoms with Gasteiger partial charge in [-0.15, -0.1) is 0 Å². The number of rotatable bonds is 7. The van der Waals surface area contributed by atoms with Gasteiger partial charge in [0.2, 0.25) is 5.91 Å². The Morgan fingerprint density at radius 2 is 1.95 bits per heavy atom. The van der Waals surface area contributed by atoms with E-state index in [1.807, 2.05) is 6.92 Å². The maximum atomic E-state index is 12.8. The van der Waals surface area contributed by atoms with Crippen LogP contribution in [0.3, 0.4) is 0 Å². The maximum Gasteiger partial charge on any atom is 0.241 e. The highest BCUT2D eigenvalue weighted by atomic mass is 16.5. The van der Waals surface area contributed by atoms with Gasteiger partial charge in [0, 0.05) is 6.61 Å². The van der Waals surface area contributed by atoms with Crippen LogP contribution < -0.4 is 5.32 Å². The van der Waals surface area contributed by atoms with E-state index in [0.717, 1.165) is 6.42 Å². The van der Waals surface area contributed by atoms with E-state index < -0.39 is 0 Å². The van der Waals surface area contributed by atoms with Crippen LogP contribution in [-0.4, -0.2) is 42.3 Å². The van der Waals surface area contributed by atoms with Gasteiger partial charge in [-0.1, -0.05) is 33.6 Å². The molecule has 1 saturated carbocycles. The number of nitrogens with one attached hydrogen (secondary N) is 1. The van der Waals surface area contributed by atoms with Gasteiger partial charge in [-0.05, 0) is 38.0 Å². The molecule has 21 heavy (non-hydrogen) atoms. The molecule has 1 heterocycles. The van der Waals surface area contributed by atoms with Crippen LogP contribution in [0.5, 0.6) is 0 Å². The maximum absolute atomic E-state index is 12.8. The van der Waals surface area contributed by atoms with Crippen molar-refractivity contribution in [3.05, 3.63) is 0 Å². The second-order valence-electron chi connectivity index (χ2n) is 6.83. The van der Waals surface area contributed by atoms with Crippen molar-refractivity contribution in [2.75, 3.05) is 13.2 Å². The van der Waals surface area contributed by atoms with Gasteiger partial charge in [-0.2, -0.15) is 0 Å². The minimum Gasteiger partial charge on any atom is -0.380 e. The highest BCUT2D eigenvalue weighted by molar-refractivity contribution is 5.84. The average Bonchev–Trinajstić information content (AvgIpc) is 3.08. The van der Waals surface area contributed by atoms with Crippen molar-refractivity contribution in [2.24, 2.45) is 11.8 Å². The Kier molecular flexibility index (Phi) is 6.06. The molecule has 1 aliphatic heterocycles. The third kappa shape index (κ3) is 3.59. The predicted molar refractivity (Wildman–Crippen MR) is 84.9 cm³/mol. The largest absolute Gasteiger partial charge is 0.380 e. The molecular weight excluding hydrogens is 264 g/mol. The molecule has 2 aliphatic rings. The third-order valence-corrected chi connectivity index (χ3v) is 5.10. The Labute approximate surface area is 129 Å². The molecule has 0 aromatic heterocycles. The van der Waals surface area contributed by atoms with Crippen molar-refractivity contribution >= 4 is 5.91 Å². The number of carbonyl (C=O) groups is 1. The minimum atomic E-state index is -0.00141. The van der Waals surface area contributed by atoms with Crippen LogP contribution in [0.2, 0.25) is 0 Å². The van der Waals surface area contributed by atoms with Gasteiger partial charge in [-0.25, -0.2) is 0 Å². The summed E-state index contributed by atoms with van der Waals surface area (Å²) >= 11 is 0. The van der Waals surface area contributed by atoms with Gasteiger partial charge >= 0.3 is 0 Å². The smallest absolute Gasteiger partial charge is 0.241 e. The second-order valence-corrected chi connectivity index (χ2v) is 6.83. The third-order valence-electron chi connectivity index (χ3n) is 5.10. The number of carbonyl (C=O) groups excluding carboxylic acids is 1. The number of hydrogen-bond acceptors (Lipinski definition) is 3. The molecule has 1 N–H and O–H groups in total. The molecule has 4 nitrogen and oxygen atoms in total. The molecule has 2 rings (SSSR count). The molecule has 3 atom stereocenters. The van der Waals surface area contributed by atoms with Gasteiger partial charge in [0.05, 0.1) is 24.9 Å². The molecule has 0 spiro atoms. The van der Waals surface area contributed by atoms with E-state index in [1.54, 1.807) is 0 Å². The zero-order chi connectivity index (χ0) is 15.4. The van der Waals surface area contributed by atoms with Crippen molar-refractivity contribution in [3.8, 4) is 0 Å². The number of ether oxygens (including phenoxy) is 1. The van der Waals surface area contributed by atoms with Gasteiger partial charge in [0.15, 0.2) is 0 Å². The molecule has 2 fully saturated rings. The summed E-state index contributed by atoms with van der Waals surface area (Å²) in [6.07, 6.45) is 6.20. The summed E-state index contributed by atoms with van der Waals surface area (Å²) in [5, 5.41) is 3.62. The summed E-state index contributed by atoms with van der Waals surface area (Å²) in [4.78, 5) is 15.0. The van der Waals surface area contributed by atoms with Gasteiger partial charge in [0.25, 0.3) is 0 Å². The number of amides is 1. The summed E-state index contributed by atoms with van der Waals surface area (Å²) in [6, 6.07) is 0.186. The summed E-state index contributed by atoms with van der Waals surface area (Å²) in [5.41, 5.74) is 0. The number of nitrogens with zero attached hydrogens (tertiary/aromatic N) is 1. The molecule has 1 amide bonds. The van der Waals surface area contributed by atoms with Crippen molar-refractivity contribution in [1.29, 1.82) is 0 Å². The molecule has 1 saturated heterocycles. The first-order valence-corrected chi connectivity index (χ1v) is 8.76. The molecular formula is C17H32N2O2. The van der Waals surface area contributed by atoms with E-state index in [9.17, 15) is 4.79 Å². The van der Waals surface area contributed by atoms with Crippen molar-refractivity contribution in [2.45, 2.75) is 78.0 Å². The normalized spacial score (nSPS) is 28.8. The fourth-order valence-corrected chi connectivity index (χ4v) is 3.81. The van der Waals surface area contributed by atoms with Crippen LogP contribution in [0.25, 0.3) is 0 Å². The molecule has 1 aliphatic carbocycles. The van der Waals surface area contributed by atoms with E-state index in [4.69, 9.17) is 4.74 Å². The van der Waals surface area contributed by atoms with Crippen LogP contribution in [0, 0.1) is 11.8 Å². The van der Waals surface area contributed by atoms with Crippen LogP contribution in [0.4, 0.5) is 0 Å². The molecule has 0 aromatic rings. The highest BCUT2D eigenvalue weighted by Gasteiger charge is 2.46. The van der Waals surface area contributed by atoms with Crippen LogP contribution in [0.15, 0.2) is 0 Å². The first-order valence-electron chi connectivity index (χ1n) is 8.76. The Morgan fingerprint density at radius 1 is 1.29 bits per heavy atom. The lowest BCUT2D eigenvalue weighted by atomic mass is 9.98. The molecule has 3 unspecified atom stereocenters. The standard InChI is InChI=1S/C17H32N2O2/c1-5-14-17(20)19(15(12(3)4)11-21-6-2)16(18-14)13-9-7-8-10-13/h12-16,18H,5-11H2,1-4H3. The quantitative estimate of drug-likeness (QED) is 0.785. The van der Waals surface area contributed by atoms with Crippen molar-refractivity contribution in [1.82, 2.24) is 10.2 Å². The van der Waals surface area contributed by atoms with E-state index >= 15 is 0 Å². The summed E-state index contributed by atoms with van der Waals surface area (Å²) < 4.78 is 5.68. The van der Waals surface area contributed by atoms with Crippen LogP contribution in [0.1, 0.15) is 59.8 Å². The van der Waals surface area contributed by atoms with Crippen molar-refractivity contribution in [3.63, 3.8) is 0 Å². The summed E-state index contributed by atoms with van der Waals surface area (Å²) in [5.74, 6) is 1.32. The van der Waals surface area contributed by atoms with Crippen LogP contribution >= 0.6 is 0 Å². The predicted octanol–water partition coefficient (Wildman–Crippen LogP) is 2.77. The van der Waals surface area contributed by atoms with E-state index in [-0.39, 0.29) is 24.2 Å². The van der Waals surface area contributed by atoms with E-state index in [1.165, 1.54) is 25.7 Å². The fourth-order valence-electron chi connectivity index (χ4n) is 3.81. The number of hydrogen-bond donors (Lipinski definition) is 1. The topological polar surface area (TPSA) is 41.6 Å². The molecule has 122 valence electrons. The minimum absolute atomic E-state index is 0.00141. The fraction of sp³-hybridized carbons (Fsp3) is 0.941. The van der Waals surface area contributed by atoms with Gasteiger partial charge in [0.1, 0.15) is 0 Å². The Bertz CT molecular complexity index is 340. The Hall–Kier alpha value is -0.610. The Morgan fingerprint density at radius 3 is 2.48 bits per heavy atom. The molecule has 0 radical (unpaired) electrons. The first kappa shape index (κ1) is 16.8. The second kappa shape index (κ2) is 7.59. The average molecular weight is 296 g/mol. The van der Waals surface area contributed by atoms with Crippen molar-refractivity contribution < 1.29 is 9.53 Å². The monoisotopic (exact) mass is 296 g/mol. The highest BCUT2D eigenvalue weighted by Crippen LogP contribution is 2.34. The lowest BCUT2D eigenvalue weighted by molar-refractivity contribution is -0.136. The van der Waals surface area contributed by atoms with Crippen LogP contribution in [-0.2, 0) is 9.53 Å². The lowest BCUT2D eigenvalue weighted by Gasteiger charge is -2.37. The molecule has 0 bridgehead atoms. The van der Waals surface area contributed by atoms with Gasteiger partial charge in [-0.3, -0.25) is 10.1 Å². The molecule has 0 aromatic carbocycles. The zero-order valence-electron chi connectivity index (χ0n) is 14.1. The summed E-state index contributed by atoms with van der Waals surface area (Å²) in [6.45, 7) is 9.87. The lowest BCUT2D eigenvalue weighted by Crippen LogP contribution is -2.51. The Balaban J connectivity index is 2.18. The summed E-state index contributed by atoms with van der Waals surface area (Å²) in [7, 11) is 0. The molecule has 4 heteroatoms. The van der Waals surface area contributed by atoms with E-state index in [0.29, 0.717) is 25.0 Å².